The standard InChI is InChI=1S/C16H25NO/c1-5-7-16(8-6-9-17-16)14-10-13(3)15(18-4)11-12(14)2/h10-11,17H,5-9H2,1-4H3. The number of hydrogen-bond donors (Lipinski definition) is 1. The lowest BCUT2D eigenvalue weighted by atomic mass is 9.81. The minimum Gasteiger partial charge on any atom is -0.496 e. The molecule has 18 heavy (non-hydrogen) atoms. The van der Waals surface area contributed by atoms with E-state index in [-0.39, 0.29) is 5.54 Å². The SMILES string of the molecule is CCCC1(c2cc(C)c(OC)cc2C)CCCN1. The van der Waals surface area contributed by atoms with Crippen LogP contribution in [0.2, 0.25) is 0 Å². The van der Waals surface area contributed by atoms with E-state index in [2.05, 4.69) is 38.2 Å². The maximum absolute atomic E-state index is 5.42. The van der Waals surface area contributed by atoms with Crippen molar-refractivity contribution in [2.24, 2.45) is 0 Å². The monoisotopic (exact) mass is 247 g/mol. The molecule has 1 aliphatic heterocycles. The molecule has 2 heteroatoms. The summed E-state index contributed by atoms with van der Waals surface area (Å²) in [5.41, 5.74) is 4.26. The van der Waals surface area contributed by atoms with Gasteiger partial charge >= 0.3 is 0 Å². The van der Waals surface area contributed by atoms with Gasteiger partial charge in [0.25, 0.3) is 0 Å². The van der Waals surface area contributed by atoms with Crippen molar-refractivity contribution in [1.82, 2.24) is 5.32 Å². The normalized spacial score (nSPS) is 23.3. The second kappa shape index (κ2) is 5.31. The quantitative estimate of drug-likeness (QED) is 0.876. The maximum Gasteiger partial charge on any atom is 0.122 e. The van der Waals surface area contributed by atoms with Crippen molar-refractivity contribution in [3.63, 3.8) is 0 Å². The molecular formula is C16H25NO. The third-order valence-electron chi connectivity index (χ3n) is 4.18. The van der Waals surface area contributed by atoms with E-state index in [9.17, 15) is 0 Å². The summed E-state index contributed by atoms with van der Waals surface area (Å²) < 4.78 is 5.42. The Morgan fingerprint density at radius 1 is 1.28 bits per heavy atom. The Bertz CT molecular complexity index is 419. The molecule has 0 spiro atoms. The van der Waals surface area contributed by atoms with Gasteiger partial charge in [0.05, 0.1) is 7.11 Å². The summed E-state index contributed by atoms with van der Waals surface area (Å²) in [5, 5.41) is 3.75. The van der Waals surface area contributed by atoms with E-state index in [4.69, 9.17) is 4.74 Å². The van der Waals surface area contributed by atoms with Gasteiger partial charge in [-0.1, -0.05) is 19.4 Å². The molecule has 1 atom stereocenters. The fourth-order valence-electron chi connectivity index (χ4n) is 3.34. The summed E-state index contributed by atoms with van der Waals surface area (Å²) in [4.78, 5) is 0. The number of methoxy groups -OCH3 is 1. The maximum atomic E-state index is 5.42. The molecule has 100 valence electrons. The number of aryl methyl sites for hydroxylation is 2. The Morgan fingerprint density at radius 3 is 2.61 bits per heavy atom. The third-order valence-corrected chi connectivity index (χ3v) is 4.18. The molecule has 0 aliphatic carbocycles. The summed E-state index contributed by atoms with van der Waals surface area (Å²) in [6, 6.07) is 4.50. The minimum atomic E-state index is 0.204. The number of nitrogens with one attached hydrogen (secondary N) is 1. The van der Waals surface area contributed by atoms with Crippen molar-refractivity contribution in [3.05, 3.63) is 28.8 Å². The summed E-state index contributed by atoms with van der Waals surface area (Å²) in [6.45, 7) is 7.75. The van der Waals surface area contributed by atoms with Crippen molar-refractivity contribution in [1.29, 1.82) is 0 Å². The summed E-state index contributed by atoms with van der Waals surface area (Å²) >= 11 is 0. The Labute approximate surface area is 111 Å². The van der Waals surface area contributed by atoms with E-state index in [1.807, 2.05) is 0 Å². The molecule has 0 bridgehead atoms. The predicted molar refractivity (Wildman–Crippen MR) is 76.3 cm³/mol. The molecule has 1 unspecified atom stereocenters. The first kappa shape index (κ1) is 13.4. The summed E-state index contributed by atoms with van der Waals surface area (Å²) in [6.07, 6.45) is 4.98. The smallest absolute Gasteiger partial charge is 0.122 e. The highest BCUT2D eigenvalue weighted by Gasteiger charge is 2.35. The Kier molecular flexibility index (Phi) is 3.96. The second-order valence-corrected chi connectivity index (χ2v) is 5.50. The van der Waals surface area contributed by atoms with Crippen molar-refractivity contribution < 1.29 is 4.74 Å². The highest BCUT2D eigenvalue weighted by Crippen LogP contribution is 2.39. The molecule has 1 aromatic carbocycles. The molecule has 1 saturated heterocycles. The van der Waals surface area contributed by atoms with Crippen LogP contribution in [0.1, 0.15) is 49.3 Å². The van der Waals surface area contributed by atoms with Crippen LogP contribution in [0.4, 0.5) is 0 Å². The van der Waals surface area contributed by atoms with Gasteiger partial charge in [-0.25, -0.2) is 0 Å². The van der Waals surface area contributed by atoms with Crippen LogP contribution in [0.25, 0.3) is 0 Å². The highest BCUT2D eigenvalue weighted by molar-refractivity contribution is 5.45. The van der Waals surface area contributed by atoms with Gasteiger partial charge in [-0.2, -0.15) is 0 Å². The molecule has 2 nitrogen and oxygen atoms in total. The van der Waals surface area contributed by atoms with Crippen LogP contribution in [0, 0.1) is 13.8 Å². The average molecular weight is 247 g/mol. The van der Waals surface area contributed by atoms with Crippen molar-refractivity contribution in [2.45, 2.75) is 52.0 Å². The van der Waals surface area contributed by atoms with Crippen LogP contribution in [0.5, 0.6) is 5.75 Å². The van der Waals surface area contributed by atoms with Crippen LogP contribution in [0.3, 0.4) is 0 Å². The topological polar surface area (TPSA) is 21.3 Å². The lowest BCUT2D eigenvalue weighted by Gasteiger charge is -2.32. The van der Waals surface area contributed by atoms with Crippen LogP contribution >= 0.6 is 0 Å². The molecule has 0 aromatic heterocycles. The van der Waals surface area contributed by atoms with Gasteiger partial charge < -0.3 is 10.1 Å². The van der Waals surface area contributed by atoms with E-state index in [0.717, 1.165) is 12.3 Å². The number of benzene rings is 1. The lowest BCUT2D eigenvalue weighted by molar-refractivity contribution is 0.352. The Morgan fingerprint density at radius 2 is 2.06 bits per heavy atom. The van der Waals surface area contributed by atoms with E-state index in [0.29, 0.717) is 0 Å². The number of hydrogen-bond acceptors (Lipinski definition) is 2. The minimum absolute atomic E-state index is 0.204. The van der Waals surface area contributed by atoms with E-state index in [1.54, 1.807) is 7.11 Å². The molecule has 1 N–H and O–H groups in total. The second-order valence-electron chi connectivity index (χ2n) is 5.50. The first-order valence-electron chi connectivity index (χ1n) is 7.03. The van der Waals surface area contributed by atoms with Gasteiger partial charge in [0.2, 0.25) is 0 Å². The zero-order valence-electron chi connectivity index (χ0n) is 12.1. The van der Waals surface area contributed by atoms with Gasteiger partial charge in [0, 0.05) is 5.54 Å². The van der Waals surface area contributed by atoms with E-state index >= 15 is 0 Å². The van der Waals surface area contributed by atoms with Gasteiger partial charge in [0.1, 0.15) is 5.75 Å². The first-order valence-corrected chi connectivity index (χ1v) is 7.03. The Balaban J connectivity index is 2.45. The molecule has 1 fully saturated rings. The van der Waals surface area contributed by atoms with E-state index in [1.165, 1.54) is 42.4 Å². The molecule has 0 radical (unpaired) electrons. The van der Waals surface area contributed by atoms with Gasteiger partial charge in [0.15, 0.2) is 0 Å². The molecule has 1 aromatic rings. The van der Waals surface area contributed by atoms with Crippen molar-refractivity contribution in [2.75, 3.05) is 13.7 Å². The van der Waals surface area contributed by atoms with Gasteiger partial charge in [-0.3, -0.25) is 0 Å². The van der Waals surface area contributed by atoms with E-state index < -0.39 is 0 Å². The molecule has 1 aliphatic rings. The number of ether oxygens (including phenoxy) is 1. The molecule has 0 saturated carbocycles. The molecule has 1 heterocycles. The van der Waals surface area contributed by atoms with Gasteiger partial charge in [-0.05, 0) is 62.4 Å². The Hall–Kier alpha value is -1.02. The van der Waals surface area contributed by atoms with Crippen molar-refractivity contribution in [3.8, 4) is 5.75 Å². The van der Waals surface area contributed by atoms with Crippen LogP contribution in [-0.2, 0) is 5.54 Å². The molecular weight excluding hydrogens is 222 g/mol. The van der Waals surface area contributed by atoms with Gasteiger partial charge in [-0.15, -0.1) is 0 Å². The van der Waals surface area contributed by atoms with Crippen LogP contribution in [-0.4, -0.2) is 13.7 Å². The van der Waals surface area contributed by atoms with Crippen LogP contribution < -0.4 is 10.1 Å². The highest BCUT2D eigenvalue weighted by atomic mass is 16.5. The molecule has 2 rings (SSSR count). The first-order chi connectivity index (χ1) is 8.63. The zero-order valence-corrected chi connectivity index (χ0v) is 12.1. The van der Waals surface area contributed by atoms with Crippen molar-refractivity contribution >= 4 is 0 Å². The zero-order chi connectivity index (χ0) is 13.2. The summed E-state index contributed by atoms with van der Waals surface area (Å²) in [7, 11) is 1.75. The average Bonchev–Trinajstić information content (AvgIpc) is 2.81. The molecule has 0 amide bonds. The lowest BCUT2D eigenvalue weighted by Crippen LogP contribution is -2.37. The largest absolute Gasteiger partial charge is 0.496 e. The number of rotatable bonds is 4. The fourth-order valence-corrected chi connectivity index (χ4v) is 3.34. The van der Waals surface area contributed by atoms with Crippen LogP contribution in [0.15, 0.2) is 12.1 Å². The predicted octanol–water partition coefficient (Wildman–Crippen LogP) is 3.69. The third kappa shape index (κ3) is 2.26. The summed E-state index contributed by atoms with van der Waals surface area (Å²) in [5.74, 6) is 1.00. The fraction of sp³-hybridized carbons (Fsp3) is 0.625.